The van der Waals surface area contributed by atoms with E-state index in [4.69, 9.17) is 5.73 Å². The van der Waals surface area contributed by atoms with Crippen molar-refractivity contribution in [3.63, 3.8) is 0 Å². The van der Waals surface area contributed by atoms with Crippen molar-refractivity contribution in [2.75, 3.05) is 13.1 Å². The van der Waals surface area contributed by atoms with Gasteiger partial charge in [-0.1, -0.05) is 49.6 Å². The summed E-state index contributed by atoms with van der Waals surface area (Å²) in [6.07, 6.45) is 5.77. The van der Waals surface area contributed by atoms with Crippen LogP contribution in [0, 0.1) is 5.92 Å². The number of rotatable bonds is 4. The Morgan fingerprint density at radius 2 is 1.90 bits per heavy atom. The van der Waals surface area contributed by atoms with Crippen LogP contribution in [0.15, 0.2) is 30.3 Å². The summed E-state index contributed by atoms with van der Waals surface area (Å²) in [4.78, 5) is 14.3. The highest BCUT2D eigenvalue weighted by molar-refractivity contribution is 5.85. The van der Waals surface area contributed by atoms with Crippen LogP contribution in [0.3, 0.4) is 0 Å². The average Bonchev–Trinajstić information content (AvgIpc) is 2.80. The van der Waals surface area contributed by atoms with E-state index in [-0.39, 0.29) is 18.4 Å². The smallest absolute Gasteiger partial charge is 0.222 e. The van der Waals surface area contributed by atoms with Crippen LogP contribution < -0.4 is 5.73 Å². The Kier molecular flexibility index (Phi) is 5.65. The molecule has 3 rings (SSSR count). The molecule has 1 saturated heterocycles. The Labute approximate surface area is 133 Å². The fourth-order valence-corrected chi connectivity index (χ4v) is 3.35. The average molecular weight is 309 g/mol. The fourth-order valence-electron chi connectivity index (χ4n) is 3.35. The normalized spacial score (nSPS) is 25.3. The first kappa shape index (κ1) is 16.3. The van der Waals surface area contributed by atoms with Crippen LogP contribution in [0.4, 0.5) is 0 Å². The minimum absolute atomic E-state index is 0. The molecule has 2 aliphatic rings. The van der Waals surface area contributed by atoms with E-state index < -0.39 is 0 Å². The molecule has 4 heteroatoms. The number of hydrogen-bond donors (Lipinski definition) is 1. The topological polar surface area (TPSA) is 46.3 Å². The molecule has 1 heterocycles. The number of carbonyl (C=O) groups is 1. The summed E-state index contributed by atoms with van der Waals surface area (Å²) >= 11 is 0. The minimum atomic E-state index is 0. The summed E-state index contributed by atoms with van der Waals surface area (Å²) in [5.41, 5.74) is 7.50. The number of nitrogens with two attached hydrogens (primary N) is 1. The summed E-state index contributed by atoms with van der Waals surface area (Å²) in [6, 6.07) is 10.4. The van der Waals surface area contributed by atoms with Gasteiger partial charge in [-0.2, -0.15) is 0 Å². The van der Waals surface area contributed by atoms with Gasteiger partial charge in [0.1, 0.15) is 0 Å². The van der Waals surface area contributed by atoms with Crippen LogP contribution in [0.1, 0.15) is 43.6 Å². The molecule has 0 radical (unpaired) electrons. The monoisotopic (exact) mass is 308 g/mol. The number of benzene rings is 1. The van der Waals surface area contributed by atoms with Crippen molar-refractivity contribution in [3.05, 3.63) is 35.9 Å². The van der Waals surface area contributed by atoms with Gasteiger partial charge in [-0.25, -0.2) is 0 Å². The third kappa shape index (κ3) is 3.78. The van der Waals surface area contributed by atoms with Gasteiger partial charge in [-0.3, -0.25) is 4.79 Å². The van der Waals surface area contributed by atoms with Gasteiger partial charge in [0.15, 0.2) is 0 Å². The van der Waals surface area contributed by atoms with Crippen LogP contribution in [-0.4, -0.2) is 29.9 Å². The van der Waals surface area contributed by atoms with Crippen LogP contribution in [0.25, 0.3) is 0 Å². The van der Waals surface area contributed by atoms with Crippen LogP contribution in [0.5, 0.6) is 0 Å². The van der Waals surface area contributed by atoms with Crippen molar-refractivity contribution >= 4 is 18.3 Å². The maximum atomic E-state index is 12.3. The molecule has 1 aliphatic heterocycles. The lowest BCUT2D eigenvalue weighted by Gasteiger charge is -2.26. The van der Waals surface area contributed by atoms with E-state index in [1.165, 1.54) is 24.8 Å². The van der Waals surface area contributed by atoms with Crippen molar-refractivity contribution < 1.29 is 4.79 Å². The lowest BCUT2D eigenvalue weighted by atomic mass is 9.82. The molecule has 1 saturated carbocycles. The first-order chi connectivity index (χ1) is 9.74. The molecule has 1 amide bonds. The van der Waals surface area contributed by atoms with E-state index in [0.29, 0.717) is 24.8 Å². The number of likely N-dealkylation sites (tertiary alicyclic amines) is 1. The standard InChI is InChI=1S/C17H24N2O.ClH/c18-16-12-19(17(20)10-9-13-5-4-6-13)11-15(16)14-7-2-1-3-8-14;/h1-3,7-8,13,15-16H,4-6,9-12,18H2;1H/t15-,16+;/m0./s1. The molecule has 116 valence electrons. The second kappa shape index (κ2) is 7.28. The Hall–Kier alpha value is -1.06. The number of hydrogen-bond acceptors (Lipinski definition) is 2. The highest BCUT2D eigenvalue weighted by Crippen LogP contribution is 2.31. The second-order valence-corrected chi connectivity index (χ2v) is 6.32. The zero-order valence-electron chi connectivity index (χ0n) is 12.4. The Morgan fingerprint density at radius 3 is 2.52 bits per heavy atom. The van der Waals surface area contributed by atoms with Crippen molar-refractivity contribution in [1.29, 1.82) is 0 Å². The van der Waals surface area contributed by atoms with Gasteiger partial charge in [-0.15, -0.1) is 12.4 Å². The number of halogens is 1. The van der Waals surface area contributed by atoms with Gasteiger partial charge in [0.2, 0.25) is 5.91 Å². The van der Waals surface area contributed by atoms with Crippen LogP contribution in [0.2, 0.25) is 0 Å². The number of carbonyl (C=O) groups excluding carboxylic acids is 1. The molecule has 1 aromatic rings. The highest BCUT2D eigenvalue weighted by atomic mass is 35.5. The molecule has 1 aromatic carbocycles. The zero-order valence-corrected chi connectivity index (χ0v) is 13.2. The molecule has 0 bridgehead atoms. The first-order valence-corrected chi connectivity index (χ1v) is 7.82. The molecule has 2 atom stereocenters. The molecular weight excluding hydrogens is 284 g/mol. The van der Waals surface area contributed by atoms with Crippen molar-refractivity contribution in [2.45, 2.75) is 44.1 Å². The largest absolute Gasteiger partial charge is 0.340 e. The summed E-state index contributed by atoms with van der Waals surface area (Å²) in [7, 11) is 0. The van der Waals surface area contributed by atoms with Gasteiger partial charge in [0, 0.05) is 31.5 Å². The van der Waals surface area contributed by atoms with Crippen LogP contribution >= 0.6 is 12.4 Å². The summed E-state index contributed by atoms with van der Waals surface area (Å²) < 4.78 is 0. The molecule has 3 nitrogen and oxygen atoms in total. The van der Waals surface area contributed by atoms with E-state index in [0.717, 1.165) is 18.9 Å². The lowest BCUT2D eigenvalue weighted by molar-refractivity contribution is -0.130. The van der Waals surface area contributed by atoms with Crippen molar-refractivity contribution in [1.82, 2.24) is 4.90 Å². The third-order valence-electron chi connectivity index (χ3n) is 4.94. The van der Waals surface area contributed by atoms with Gasteiger partial charge in [0.05, 0.1) is 0 Å². The van der Waals surface area contributed by atoms with E-state index in [1.807, 2.05) is 23.1 Å². The van der Waals surface area contributed by atoms with Crippen molar-refractivity contribution in [3.8, 4) is 0 Å². The fraction of sp³-hybridized carbons (Fsp3) is 0.588. The SMILES string of the molecule is Cl.N[C@@H]1CN(C(=O)CCC2CCC2)C[C@H]1c1ccccc1. The predicted octanol–water partition coefficient (Wildman–Crippen LogP) is 2.94. The second-order valence-electron chi connectivity index (χ2n) is 6.32. The Morgan fingerprint density at radius 1 is 1.19 bits per heavy atom. The molecule has 1 aliphatic carbocycles. The molecule has 0 unspecified atom stereocenters. The Bertz CT molecular complexity index is 461. The first-order valence-electron chi connectivity index (χ1n) is 7.82. The van der Waals surface area contributed by atoms with E-state index in [2.05, 4.69) is 12.1 Å². The maximum Gasteiger partial charge on any atom is 0.222 e. The minimum Gasteiger partial charge on any atom is -0.340 e. The number of nitrogens with zero attached hydrogens (tertiary/aromatic N) is 1. The quantitative estimate of drug-likeness (QED) is 0.929. The molecular formula is C17H25ClN2O. The van der Waals surface area contributed by atoms with Gasteiger partial charge in [0.25, 0.3) is 0 Å². The van der Waals surface area contributed by atoms with E-state index in [1.54, 1.807) is 0 Å². The van der Waals surface area contributed by atoms with E-state index in [9.17, 15) is 4.79 Å². The third-order valence-corrected chi connectivity index (χ3v) is 4.94. The molecule has 0 spiro atoms. The van der Waals surface area contributed by atoms with E-state index >= 15 is 0 Å². The zero-order chi connectivity index (χ0) is 13.9. The van der Waals surface area contributed by atoms with Crippen LogP contribution in [-0.2, 0) is 4.79 Å². The Balaban J connectivity index is 0.00000161. The molecule has 0 aromatic heterocycles. The predicted molar refractivity (Wildman–Crippen MR) is 87.6 cm³/mol. The number of amides is 1. The van der Waals surface area contributed by atoms with Gasteiger partial charge >= 0.3 is 0 Å². The van der Waals surface area contributed by atoms with Crippen molar-refractivity contribution in [2.24, 2.45) is 11.7 Å². The van der Waals surface area contributed by atoms with Gasteiger partial charge < -0.3 is 10.6 Å². The summed E-state index contributed by atoms with van der Waals surface area (Å²) in [5.74, 6) is 1.40. The highest BCUT2D eigenvalue weighted by Gasteiger charge is 2.33. The maximum absolute atomic E-state index is 12.3. The summed E-state index contributed by atoms with van der Waals surface area (Å²) in [5, 5.41) is 0. The molecule has 2 fully saturated rings. The molecule has 21 heavy (non-hydrogen) atoms. The molecule has 2 N–H and O–H groups in total. The summed E-state index contributed by atoms with van der Waals surface area (Å²) in [6.45, 7) is 1.50. The van der Waals surface area contributed by atoms with Gasteiger partial charge in [-0.05, 0) is 17.9 Å². The lowest BCUT2D eigenvalue weighted by Crippen LogP contribution is -2.32.